The number of hydrogen-bond acceptors (Lipinski definition) is 4. The van der Waals surface area contributed by atoms with Gasteiger partial charge in [0.2, 0.25) is 0 Å². The molecule has 2 rings (SSSR count). The van der Waals surface area contributed by atoms with Crippen LogP contribution < -0.4 is 10.1 Å². The zero-order chi connectivity index (χ0) is 13.0. The standard InChI is InChI=1S/C12H10N2O4/c15-11(16)7-14-12(17)18-9-3-4-10-8(6-9)2-1-5-13-10/h1-6H,7H2,(H,14,17)(H,15,16). The third kappa shape index (κ3) is 2.94. The molecule has 0 aliphatic rings. The monoisotopic (exact) mass is 246 g/mol. The van der Waals surface area contributed by atoms with Gasteiger partial charge in [-0.05, 0) is 24.3 Å². The number of carboxylic acid groups (broad SMARTS) is 1. The summed E-state index contributed by atoms with van der Waals surface area (Å²) in [6, 6.07) is 8.58. The van der Waals surface area contributed by atoms with E-state index in [1.54, 1.807) is 30.5 Å². The summed E-state index contributed by atoms with van der Waals surface area (Å²) in [4.78, 5) is 25.6. The van der Waals surface area contributed by atoms with Crippen LogP contribution in [0.1, 0.15) is 0 Å². The predicted octanol–water partition coefficient (Wildman–Crippen LogP) is 1.41. The largest absolute Gasteiger partial charge is 0.480 e. The van der Waals surface area contributed by atoms with E-state index in [0.29, 0.717) is 5.75 Å². The second-order valence-corrected chi connectivity index (χ2v) is 3.49. The van der Waals surface area contributed by atoms with Crippen molar-refractivity contribution in [2.75, 3.05) is 6.54 Å². The van der Waals surface area contributed by atoms with Gasteiger partial charge in [-0.15, -0.1) is 0 Å². The molecule has 0 atom stereocenters. The summed E-state index contributed by atoms with van der Waals surface area (Å²) in [5, 5.41) is 11.3. The van der Waals surface area contributed by atoms with Gasteiger partial charge in [0, 0.05) is 11.6 Å². The van der Waals surface area contributed by atoms with E-state index >= 15 is 0 Å². The lowest BCUT2D eigenvalue weighted by Gasteiger charge is -2.05. The van der Waals surface area contributed by atoms with Crippen LogP contribution in [0.25, 0.3) is 10.9 Å². The van der Waals surface area contributed by atoms with Crippen molar-refractivity contribution in [2.45, 2.75) is 0 Å². The van der Waals surface area contributed by atoms with Crippen molar-refractivity contribution < 1.29 is 19.4 Å². The molecule has 0 fully saturated rings. The molecule has 6 nitrogen and oxygen atoms in total. The van der Waals surface area contributed by atoms with Gasteiger partial charge in [0.05, 0.1) is 5.52 Å². The number of pyridine rings is 1. The van der Waals surface area contributed by atoms with E-state index in [1.807, 2.05) is 6.07 Å². The van der Waals surface area contributed by atoms with Crippen LogP contribution in [0.15, 0.2) is 36.5 Å². The second-order valence-electron chi connectivity index (χ2n) is 3.49. The van der Waals surface area contributed by atoms with Gasteiger partial charge < -0.3 is 15.2 Å². The Kier molecular flexibility index (Phi) is 3.38. The summed E-state index contributed by atoms with van der Waals surface area (Å²) in [6.07, 6.45) is 0.864. The van der Waals surface area contributed by atoms with Gasteiger partial charge in [-0.3, -0.25) is 9.78 Å². The van der Waals surface area contributed by atoms with Gasteiger partial charge in [0.25, 0.3) is 0 Å². The molecule has 6 heteroatoms. The smallest absolute Gasteiger partial charge is 0.413 e. The summed E-state index contributed by atoms with van der Waals surface area (Å²) in [5.41, 5.74) is 0.788. The van der Waals surface area contributed by atoms with Crippen molar-refractivity contribution in [2.24, 2.45) is 0 Å². The Balaban J connectivity index is 2.07. The number of nitrogens with one attached hydrogen (secondary N) is 1. The molecule has 0 bridgehead atoms. The number of fused-ring (bicyclic) bond motifs is 1. The molecular weight excluding hydrogens is 236 g/mol. The van der Waals surface area contributed by atoms with Crippen molar-refractivity contribution >= 4 is 23.0 Å². The van der Waals surface area contributed by atoms with Crippen LogP contribution in [-0.4, -0.2) is 28.7 Å². The van der Waals surface area contributed by atoms with E-state index < -0.39 is 18.6 Å². The Hall–Kier alpha value is -2.63. The Labute approximate surface area is 102 Å². The van der Waals surface area contributed by atoms with Crippen molar-refractivity contribution in [3.63, 3.8) is 0 Å². The molecule has 2 N–H and O–H groups in total. The highest BCUT2D eigenvalue weighted by atomic mass is 16.6. The number of amides is 1. The van der Waals surface area contributed by atoms with E-state index in [0.717, 1.165) is 10.9 Å². The molecule has 0 saturated heterocycles. The van der Waals surface area contributed by atoms with Crippen LogP contribution in [0.3, 0.4) is 0 Å². The highest BCUT2D eigenvalue weighted by Gasteiger charge is 2.06. The second kappa shape index (κ2) is 5.13. The summed E-state index contributed by atoms with van der Waals surface area (Å²) in [7, 11) is 0. The number of nitrogens with zero attached hydrogens (tertiary/aromatic N) is 1. The number of aromatic nitrogens is 1. The number of hydrogen-bond donors (Lipinski definition) is 2. The Bertz CT molecular complexity index is 597. The topological polar surface area (TPSA) is 88.5 Å². The number of carboxylic acids is 1. The van der Waals surface area contributed by atoms with Crippen LogP contribution in [0.5, 0.6) is 5.75 Å². The summed E-state index contributed by atoms with van der Waals surface area (Å²) < 4.78 is 4.93. The quantitative estimate of drug-likeness (QED) is 0.854. The molecule has 1 heterocycles. The molecule has 0 radical (unpaired) electrons. The van der Waals surface area contributed by atoms with Crippen molar-refractivity contribution in [1.82, 2.24) is 10.3 Å². The number of rotatable bonds is 3. The summed E-state index contributed by atoms with van der Waals surface area (Å²) >= 11 is 0. The van der Waals surface area contributed by atoms with Gasteiger partial charge in [-0.1, -0.05) is 6.07 Å². The number of benzene rings is 1. The van der Waals surface area contributed by atoms with E-state index in [1.165, 1.54) is 0 Å². The molecule has 0 aliphatic heterocycles. The Morgan fingerprint density at radius 2 is 2.17 bits per heavy atom. The number of carbonyl (C=O) groups excluding carboxylic acids is 1. The molecule has 92 valence electrons. The zero-order valence-corrected chi connectivity index (χ0v) is 9.29. The van der Waals surface area contributed by atoms with E-state index in [4.69, 9.17) is 9.84 Å². The molecule has 2 aromatic rings. The average Bonchev–Trinajstić information content (AvgIpc) is 2.36. The van der Waals surface area contributed by atoms with Crippen LogP contribution in [0.2, 0.25) is 0 Å². The van der Waals surface area contributed by atoms with E-state index in [9.17, 15) is 9.59 Å². The van der Waals surface area contributed by atoms with Crippen molar-refractivity contribution in [3.8, 4) is 5.75 Å². The Morgan fingerprint density at radius 3 is 2.94 bits per heavy atom. The molecule has 0 saturated carbocycles. The van der Waals surface area contributed by atoms with E-state index in [-0.39, 0.29) is 0 Å². The molecule has 18 heavy (non-hydrogen) atoms. The maximum absolute atomic E-state index is 11.2. The predicted molar refractivity (Wildman–Crippen MR) is 63.4 cm³/mol. The first-order valence-corrected chi connectivity index (χ1v) is 5.17. The average molecular weight is 246 g/mol. The fraction of sp³-hybridized carbons (Fsp3) is 0.0833. The maximum Gasteiger partial charge on any atom is 0.413 e. The SMILES string of the molecule is O=C(O)CNC(=O)Oc1ccc2ncccc2c1. The molecule has 1 aromatic heterocycles. The fourth-order valence-corrected chi connectivity index (χ4v) is 1.41. The lowest BCUT2D eigenvalue weighted by Crippen LogP contribution is -2.31. The van der Waals surface area contributed by atoms with Crippen LogP contribution in [0, 0.1) is 0 Å². The minimum absolute atomic E-state index is 0.332. The molecule has 1 aromatic carbocycles. The van der Waals surface area contributed by atoms with Gasteiger partial charge >= 0.3 is 12.1 Å². The van der Waals surface area contributed by atoms with Crippen molar-refractivity contribution in [1.29, 1.82) is 0 Å². The molecule has 1 amide bonds. The number of ether oxygens (including phenoxy) is 1. The fourth-order valence-electron chi connectivity index (χ4n) is 1.41. The number of aliphatic carboxylic acids is 1. The molecular formula is C12H10N2O4. The zero-order valence-electron chi connectivity index (χ0n) is 9.29. The van der Waals surface area contributed by atoms with Gasteiger partial charge in [0.1, 0.15) is 12.3 Å². The summed E-state index contributed by atoms with van der Waals surface area (Å²) in [6.45, 7) is -0.478. The van der Waals surface area contributed by atoms with Gasteiger partial charge in [-0.25, -0.2) is 4.79 Å². The first-order chi connectivity index (χ1) is 8.65. The number of carbonyl (C=O) groups is 2. The first-order valence-electron chi connectivity index (χ1n) is 5.17. The molecule has 0 unspecified atom stereocenters. The third-order valence-electron chi connectivity index (χ3n) is 2.17. The first kappa shape index (κ1) is 11.8. The Morgan fingerprint density at radius 1 is 1.33 bits per heavy atom. The summed E-state index contributed by atoms with van der Waals surface area (Å²) in [5.74, 6) is -0.798. The highest BCUT2D eigenvalue weighted by molar-refractivity contribution is 5.82. The van der Waals surface area contributed by atoms with Crippen LogP contribution >= 0.6 is 0 Å². The highest BCUT2D eigenvalue weighted by Crippen LogP contribution is 2.18. The lowest BCUT2D eigenvalue weighted by atomic mass is 10.2. The minimum atomic E-state index is -1.13. The third-order valence-corrected chi connectivity index (χ3v) is 2.17. The van der Waals surface area contributed by atoms with E-state index in [2.05, 4.69) is 10.3 Å². The van der Waals surface area contributed by atoms with Crippen LogP contribution in [-0.2, 0) is 4.79 Å². The van der Waals surface area contributed by atoms with Gasteiger partial charge in [-0.2, -0.15) is 0 Å². The minimum Gasteiger partial charge on any atom is -0.480 e. The van der Waals surface area contributed by atoms with Crippen molar-refractivity contribution in [3.05, 3.63) is 36.5 Å². The van der Waals surface area contributed by atoms with Gasteiger partial charge in [0.15, 0.2) is 0 Å². The normalized spacial score (nSPS) is 10.0. The molecule has 0 spiro atoms. The maximum atomic E-state index is 11.2. The molecule has 0 aliphatic carbocycles. The van der Waals surface area contributed by atoms with Crippen LogP contribution in [0.4, 0.5) is 4.79 Å². The lowest BCUT2D eigenvalue weighted by molar-refractivity contribution is -0.135.